The standard InChI is InChI=1S/C24H23Cl2N7O2/c1-12-9-18(33(31-12)22-16(25)5-4-8-27-22)24(35)30-20-15(23(34)28-11-14-6-7-14)10-17-21(19(20)26)32(3)13(2)29-17/h4-5,8-10,14H,6-7,11H2,1-3H3,(H,28,34)(H,30,35). The maximum Gasteiger partial charge on any atom is 0.274 e. The molecule has 11 heteroatoms. The van der Waals surface area contributed by atoms with Gasteiger partial charge < -0.3 is 15.2 Å². The largest absolute Gasteiger partial charge is 0.352 e. The summed E-state index contributed by atoms with van der Waals surface area (Å²) in [6, 6.07) is 6.64. The fourth-order valence-electron chi connectivity index (χ4n) is 3.93. The average molecular weight is 512 g/mol. The molecular formula is C24H23Cl2N7O2. The Kier molecular flexibility index (Phi) is 5.98. The summed E-state index contributed by atoms with van der Waals surface area (Å²) in [6.07, 6.45) is 3.77. The number of anilines is 1. The molecule has 0 bridgehead atoms. The molecule has 0 atom stereocenters. The van der Waals surface area contributed by atoms with Gasteiger partial charge in [0.1, 0.15) is 11.5 Å². The fourth-order valence-corrected chi connectivity index (χ4v) is 4.50. The first-order valence-corrected chi connectivity index (χ1v) is 11.9. The lowest BCUT2D eigenvalue weighted by Crippen LogP contribution is -2.27. The SMILES string of the molecule is Cc1cc(C(=O)Nc2c(C(=O)NCC3CC3)cc3nc(C)n(C)c3c2Cl)n(-c2ncccc2Cl)n1. The highest BCUT2D eigenvalue weighted by Crippen LogP contribution is 2.36. The molecule has 2 amide bonds. The van der Waals surface area contributed by atoms with Crippen LogP contribution in [0.15, 0.2) is 30.5 Å². The predicted octanol–water partition coefficient (Wildman–Crippen LogP) is 4.47. The van der Waals surface area contributed by atoms with E-state index in [4.69, 9.17) is 23.2 Å². The number of benzene rings is 1. The monoisotopic (exact) mass is 511 g/mol. The first-order chi connectivity index (χ1) is 16.7. The number of imidazole rings is 1. The number of fused-ring (bicyclic) bond motifs is 1. The topological polar surface area (TPSA) is 107 Å². The van der Waals surface area contributed by atoms with Crippen molar-refractivity contribution < 1.29 is 9.59 Å². The second kappa shape index (κ2) is 8.98. The van der Waals surface area contributed by atoms with E-state index in [1.807, 2.05) is 18.5 Å². The van der Waals surface area contributed by atoms with Crippen molar-refractivity contribution in [3.63, 3.8) is 0 Å². The van der Waals surface area contributed by atoms with E-state index in [0.29, 0.717) is 40.0 Å². The van der Waals surface area contributed by atoms with Crippen molar-refractivity contribution >= 4 is 51.7 Å². The Balaban J connectivity index is 1.58. The molecular weight excluding hydrogens is 489 g/mol. The van der Waals surface area contributed by atoms with Crippen molar-refractivity contribution in [3.05, 3.63) is 63.3 Å². The minimum Gasteiger partial charge on any atom is -0.352 e. The van der Waals surface area contributed by atoms with Crippen LogP contribution in [-0.4, -0.2) is 42.7 Å². The average Bonchev–Trinajstić information content (AvgIpc) is 3.51. The molecule has 2 N–H and O–H groups in total. The number of halogens is 2. The lowest BCUT2D eigenvalue weighted by Gasteiger charge is -2.15. The zero-order valence-corrected chi connectivity index (χ0v) is 20.9. The van der Waals surface area contributed by atoms with Crippen LogP contribution in [0.25, 0.3) is 16.9 Å². The highest BCUT2D eigenvalue weighted by Gasteiger charge is 2.27. The summed E-state index contributed by atoms with van der Waals surface area (Å²) in [4.78, 5) is 35.4. The molecule has 0 radical (unpaired) electrons. The molecule has 0 aliphatic heterocycles. The van der Waals surface area contributed by atoms with E-state index in [2.05, 4.69) is 25.7 Å². The molecule has 0 spiro atoms. The molecule has 3 heterocycles. The van der Waals surface area contributed by atoms with Crippen LogP contribution in [0, 0.1) is 19.8 Å². The molecule has 9 nitrogen and oxygen atoms in total. The molecule has 180 valence electrons. The zero-order valence-electron chi connectivity index (χ0n) is 19.4. The van der Waals surface area contributed by atoms with Gasteiger partial charge in [0, 0.05) is 19.8 Å². The molecule has 0 unspecified atom stereocenters. The van der Waals surface area contributed by atoms with Gasteiger partial charge in [0.2, 0.25) is 0 Å². The van der Waals surface area contributed by atoms with E-state index >= 15 is 0 Å². The summed E-state index contributed by atoms with van der Waals surface area (Å²) in [7, 11) is 1.83. The van der Waals surface area contributed by atoms with Crippen LogP contribution in [0.5, 0.6) is 0 Å². The molecule has 3 aromatic heterocycles. The van der Waals surface area contributed by atoms with Crippen LogP contribution in [0.1, 0.15) is 45.2 Å². The molecule has 0 saturated heterocycles. The maximum absolute atomic E-state index is 13.5. The number of hydrogen-bond acceptors (Lipinski definition) is 5. The van der Waals surface area contributed by atoms with E-state index in [-0.39, 0.29) is 27.9 Å². The summed E-state index contributed by atoms with van der Waals surface area (Å²) in [5, 5.41) is 10.8. The van der Waals surface area contributed by atoms with Crippen molar-refractivity contribution in [2.45, 2.75) is 26.7 Å². The first kappa shape index (κ1) is 23.3. The van der Waals surface area contributed by atoms with E-state index in [1.54, 1.807) is 37.4 Å². The van der Waals surface area contributed by atoms with Gasteiger partial charge in [-0.2, -0.15) is 5.10 Å². The predicted molar refractivity (Wildman–Crippen MR) is 135 cm³/mol. The Hall–Kier alpha value is -3.43. The van der Waals surface area contributed by atoms with Crippen LogP contribution in [0.3, 0.4) is 0 Å². The first-order valence-electron chi connectivity index (χ1n) is 11.2. The van der Waals surface area contributed by atoms with Crippen molar-refractivity contribution in [2.75, 3.05) is 11.9 Å². The van der Waals surface area contributed by atoms with E-state index in [1.165, 1.54) is 4.68 Å². The van der Waals surface area contributed by atoms with Gasteiger partial charge in [-0.3, -0.25) is 9.59 Å². The smallest absolute Gasteiger partial charge is 0.274 e. The molecule has 5 rings (SSSR count). The van der Waals surface area contributed by atoms with Gasteiger partial charge in [0.15, 0.2) is 5.82 Å². The third-order valence-electron chi connectivity index (χ3n) is 6.06. The Morgan fingerprint density at radius 3 is 2.66 bits per heavy atom. The maximum atomic E-state index is 13.5. The van der Waals surface area contributed by atoms with Crippen molar-refractivity contribution in [1.82, 2.24) is 29.6 Å². The summed E-state index contributed by atoms with van der Waals surface area (Å²) < 4.78 is 3.20. The molecule has 35 heavy (non-hydrogen) atoms. The van der Waals surface area contributed by atoms with Crippen LogP contribution >= 0.6 is 23.2 Å². The summed E-state index contributed by atoms with van der Waals surface area (Å²) in [5.41, 5.74) is 2.44. The Labute approximate surface area is 211 Å². The van der Waals surface area contributed by atoms with Gasteiger partial charge in [-0.05, 0) is 56.9 Å². The number of rotatable bonds is 6. The lowest BCUT2D eigenvalue weighted by molar-refractivity contribution is 0.0953. The van der Waals surface area contributed by atoms with Crippen LogP contribution < -0.4 is 10.6 Å². The van der Waals surface area contributed by atoms with Gasteiger partial charge >= 0.3 is 0 Å². The summed E-state index contributed by atoms with van der Waals surface area (Å²) >= 11 is 13.1. The molecule has 1 aliphatic carbocycles. The van der Waals surface area contributed by atoms with E-state index in [9.17, 15) is 9.59 Å². The minimum atomic E-state index is -0.510. The zero-order chi connectivity index (χ0) is 24.9. The molecule has 1 saturated carbocycles. The number of nitrogens with zero attached hydrogens (tertiary/aromatic N) is 5. The van der Waals surface area contributed by atoms with Gasteiger partial charge in [-0.15, -0.1) is 0 Å². The van der Waals surface area contributed by atoms with Gasteiger partial charge in [0.25, 0.3) is 11.8 Å². The fraction of sp³-hybridized carbons (Fsp3) is 0.292. The minimum absolute atomic E-state index is 0.199. The Bertz CT molecular complexity index is 1490. The summed E-state index contributed by atoms with van der Waals surface area (Å²) in [6.45, 7) is 4.19. The second-order valence-corrected chi connectivity index (χ2v) is 9.48. The van der Waals surface area contributed by atoms with Crippen molar-refractivity contribution in [3.8, 4) is 5.82 Å². The molecule has 1 aliphatic rings. The normalized spacial score (nSPS) is 13.3. The molecule has 1 aromatic carbocycles. The third-order valence-corrected chi connectivity index (χ3v) is 6.72. The number of amides is 2. The Morgan fingerprint density at radius 2 is 1.94 bits per heavy atom. The molecule has 1 fully saturated rings. The lowest BCUT2D eigenvalue weighted by atomic mass is 10.1. The van der Waals surface area contributed by atoms with Gasteiger partial charge in [-0.1, -0.05) is 23.2 Å². The van der Waals surface area contributed by atoms with E-state index in [0.717, 1.165) is 18.7 Å². The number of aryl methyl sites for hydroxylation is 3. The highest BCUT2D eigenvalue weighted by atomic mass is 35.5. The number of pyridine rings is 1. The number of nitrogens with one attached hydrogen (secondary N) is 2. The molecule has 4 aromatic rings. The van der Waals surface area contributed by atoms with Crippen LogP contribution in [-0.2, 0) is 7.05 Å². The van der Waals surface area contributed by atoms with Crippen molar-refractivity contribution in [1.29, 1.82) is 0 Å². The number of aromatic nitrogens is 5. The van der Waals surface area contributed by atoms with Crippen LogP contribution in [0.4, 0.5) is 5.69 Å². The number of hydrogen-bond donors (Lipinski definition) is 2. The number of carbonyl (C=O) groups is 2. The summed E-state index contributed by atoms with van der Waals surface area (Å²) in [5.74, 6) is 0.709. The second-order valence-electron chi connectivity index (χ2n) is 8.70. The van der Waals surface area contributed by atoms with Gasteiger partial charge in [-0.25, -0.2) is 14.6 Å². The Morgan fingerprint density at radius 1 is 1.17 bits per heavy atom. The van der Waals surface area contributed by atoms with Crippen LogP contribution in [0.2, 0.25) is 10.0 Å². The number of carbonyl (C=O) groups excluding carboxylic acids is 2. The van der Waals surface area contributed by atoms with Crippen molar-refractivity contribution in [2.24, 2.45) is 13.0 Å². The van der Waals surface area contributed by atoms with Gasteiger partial charge in [0.05, 0.1) is 38.0 Å². The third kappa shape index (κ3) is 4.37. The highest BCUT2D eigenvalue weighted by molar-refractivity contribution is 6.39. The quantitative estimate of drug-likeness (QED) is 0.397. The van der Waals surface area contributed by atoms with E-state index < -0.39 is 5.91 Å².